The minimum atomic E-state index is -0.107. The van der Waals surface area contributed by atoms with Gasteiger partial charge in [0.2, 0.25) is 0 Å². The molecule has 2 rings (SSSR count). The van der Waals surface area contributed by atoms with Gasteiger partial charge in [-0.3, -0.25) is 0 Å². The number of benzene rings is 1. The lowest BCUT2D eigenvalue weighted by atomic mass is 10.1. The van der Waals surface area contributed by atoms with E-state index in [-0.39, 0.29) is 12.7 Å². The van der Waals surface area contributed by atoms with Crippen LogP contribution in [0, 0.1) is 0 Å². The summed E-state index contributed by atoms with van der Waals surface area (Å²) >= 11 is 6.36. The van der Waals surface area contributed by atoms with E-state index in [1.807, 2.05) is 6.07 Å². The van der Waals surface area contributed by atoms with Crippen LogP contribution in [0.5, 0.6) is 0 Å². The van der Waals surface area contributed by atoms with Crippen LogP contribution in [0.2, 0.25) is 5.02 Å². The summed E-state index contributed by atoms with van der Waals surface area (Å²) in [4.78, 5) is 2.20. The molecule has 0 bridgehead atoms. The zero-order valence-corrected chi connectivity index (χ0v) is 12.9. The molecule has 4 nitrogen and oxygen atoms in total. The van der Waals surface area contributed by atoms with Gasteiger partial charge in [0.15, 0.2) is 0 Å². The van der Waals surface area contributed by atoms with E-state index in [4.69, 9.17) is 16.3 Å². The third kappa shape index (κ3) is 4.09. The first-order valence-electron chi connectivity index (χ1n) is 7.09. The second-order valence-corrected chi connectivity index (χ2v) is 5.84. The van der Waals surface area contributed by atoms with Gasteiger partial charge < -0.3 is 20.1 Å². The molecule has 1 aromatic carbocycles. The maximum Gasteiger partial charge on any atom is 0.0980 e. The Morgan fingerprint density at radius 1 is 1.50 bits per heavy atom. The first-order chi connectivity index (χ1) is 9.60. The van der Waals surface area contributed by atoms with Crippen LogP contribution in [0.25, 0.3) is 0 Å². The number of aliphatic hydroxyl groups is 1. The molecule has 0 amide bonds. The van der Waals surface area contributed by atoms with Crippen molar-refractivity contribution in [2.45, 2.75) is 32.5 Å². The van der Waals surface area contributed by atoms with E-state index in [1.165, 1.54) is 0 Å². The lowest BCUT2D eigenvalue weighted by molar-refractivity contribution is 0.00357. The average Bonchev–Trinajstić information content (AvgIpc) is 2.46. The lowest BCUT2D eigenvalue weighted by Crippen LogP contribution is -2.44. The van der Waals surface area contributed by atoms with Gasteiger partial charge in [-0.25, -0.2) is 0 Å². The number of nitrogens with one attached hydrogen (secondary N) is 1. The fourth-order valence-electron chi connectivity index (χ4n) is 2.25. The van der Waals surface area contributed by atoms with Crippen molar-refractivity contribution in [3.63, 3.8) is 0 Å². The van der Waals surface area contributed by atoms with Crippen molar-refractivity contribution in [3.8, 4) is 0 Å². The number of ether oxygens (including phenoxy) is 1. The van der Waals surface area contributed by atoms with E-state index in [9.17, 15) is 5.11 Å². The van der Waals surface area contributed by atoms with Gasteiger partial charge in [0.05, 0.1) is 19.3 Å². The highest BCUT2D eigenvalue weighted by Crippen LogP contribution is 2.25. The van der Waals surface area contributed by atoms with E-state index >= 15 is 0 Å². The molecule has 0 radical (unpaired) electrons. The molecule has 0 aromatic heterocycles. The van der Waals surface area contributed by atoms with Crippen LogP contribution in [0.1, 0.15) is 19.4 Å². The number of nitrogens with zero attached hydrogens (tertiary/aromatic N) is 1. The summed E-state index contributed by atoms with van der Waals surface area (Å²) in [7, 11) is 0. The highest BCUT2D eigenvalue weighted by atomic mass is 35.5. The normalized spacial score (nSPS) is 19.6. The molecule has 20 heavy (non-hydrogen) atoms. The number of hydrogen-bond acceptors (Lipinski definition) is 4. The number of rotatable bonds is 5. The molecular weight excluding hydrogens is 276 g/mol. The predicted octanol–water partition coefficient (Wildman–Crippen LogP) is 2.04. The molecule has 0 spiro atoms. The molecule has 0 saturated carbocycles. The maximum absolute atomic E-state index is 9.19. The number of aliphatic hydroxyl groups excluding tert-OH is 1. The first kappa shape index (κ1) is 15.6. The Labute approximate surface area is 125 Å². The minimum Gasteiger partial charge on any atom is -0.394 e. The Bertz CT molecular complexity index is 440. The Hall–Kier alpha value is -0.810. The molecule has 1 unspecified atom stereocenters. The highest BCUT2D eigenvalue weighted by molar-refractivity contribution is 6.31. The number of hydrogen-bond donors (Lipinski definition) is 2. The summed E-state index contributed by atoms with van der Waals surface area (Å²) in [6.45, 7) is 7.24. The number of anilines is 1. The standard InChI is InChI=1S/C15H23ClN2O2/c1-11(2)17-8-12-3-4-13(7-15(12)16)18-5-6-20-14(9-18)10-19/h3-4,7,11,14,17,19H,5-6,8-10H2,1-2H3. The van der Waals surface area contributed by atoms with Gasteiger partial charge in [-0.1, -0.05) is 31.5 Å². The van der Waals surface area contributed by atoms with Gasteiger partial charge in [0, 0.05) is 36.4 Å². The SMILES string of the molecule is CC(C)NCc1ccc(N2CCOC(CO)C2)cc1Cl. The summed E-state index contributed by atoms with van der Waals surface area (Å²) in [5.41, 5.74) is 2.20. The second-order valence-electron chi connectivity index (χ2n) is 5.43. The van der Waals surface area contributed by atoms with Crippen molar-refractivity contribution in [3.05, 3.63) is 28.8 Å². The summed E-state index contributed by atoms with van der Waals surface area (Å²) in [6, 6.07) is 6.59. The average molecular weight is 299 g/mol. The Balaban J connectivity index is 2.04. The van der Waals surface area contributed by atoms with E-state index in [0.29, 0.717) is 19.2 Å². The van der Waals surface area contributed by atoms with E-state index in [0.717, 1.165) is 29.4 Å². The highest BCUT2D eigenvalue weighted by Gasteiger charge is 2.20. The summed E-state index contributed by atoms with van der Waals surface area (Å²) in [6.07, 6.45) is -0.107. The summed E-state index contributed by atoms with van der Waals surface area (Å²) in [5, 5.41) is 13.3. The Morgan fingerprint density at radius 2 is 2.30 bits per heavy atom. The van der Waals surface area contributed by atoms with Gasteiger partial charge in [-0.15, -0.1) is 0 Å². The largest absolute Gasteiger partial charge is 0.394 e. The van der Waals surface area contributed by atoms with E-state index in [2.05, 4.69) is 36.2 Å². The van der Waals surface area contributed by atoms with Crippen molar-refractivity contribution < 1.29 is 9.84 Å². The predicted molar refractivity (Wildman–Crippen MR) is 82.5 cm³/mol. The van der Waals surface area contributed by atoms with Crippen LogP contribution >= 0.6 is 11.6 Å². The molecule has 1 fully saturated rings. The first-order valence-corrected chi connectivity index (χ1v) is 7.47. The molecule has 1 aliphatic heterocycles. The topological polar surface area (TPSA) is 44.7 Å². The molecule has 1 aromatic rings. The van der Waals surface area contributed by atoms with Gasteiger partial charge in [0.25, 0.3) is 0 Å². The Kier molecular flexibility index (Phi) is 5.66. The molecule has 1 heterocycles. The molecule has 1 atom stereocenters. The zero-order valence-electron chi connectivity index (χ0n) is 12.1. The third-order valence-corrected chi connectivity index (χ3v) is 3.80. The third-order valence-electron chi connectivity index (χ3n) is 3.44. The molecule has 112 valence electrons. The molecule has 1 aliphatic rings. The Morgan fingerprint density at radius 3 is 2.95 bits per heavy atom. The van der Waals surface area contributed by atoms with Crippen LogP contribution in [0.15, 0.2) is 18.2 Å². The molecule has 0 aliphatic carbocycles. The smallest absolute Gasteiger partial charge is 0.0980 e. The van der Waals surface area contributed by atoms with Crippen LogP contribution < -0.4 is 10.2 Å². The van der Waals surface area contributed by atoms with Gasteiger partial charge >= 0.3 is 0 Å². The zero-order chi connectivity index (χ0) is 14.5. The molecule has 5 heteroatoms. The number of halogens is 1. The minimum absolute atomic E-state index is 0.0562. The van der Waals surface area contributed by atoms with Crippen LogP contribution in [-0.4, -0.2) is 43.6 Å². The summed E-state index contributed by atoms with van der Waals surface area (Å²) in [5.74, 6) is 0. The lowest BCUT2D eigenvalue weighted by Gasteiger charge is -2.34. The van der Waals surface area contributed by atoms with Crippen molar-refractivity contribution in [1.82, 2.24) is 5.32 Å². The fourth-order valence-corrected chi connectivity index (χ4v) is 2.50. The monoisotopic (exact) mass is 298 g/mol. The van der Waals surface area contributed by atoms with E-state index < -0.39 is 0 Å². The number of morpholine rings is 1. The quantitative estimate of drug-likeness (QED) is 0.873. The maximum atomic E-state index is 9.19. The van der Waals surface area contributed by atoms with Crippen molar-refractivity contribution in [2.24, 2.45) is 0 Å². The fraction of sp³-hybridized carbons (Fsp3) is 0.600. The molecule has 2 N–H and O–H groups in total. The van der Waals surface area contributed by atoms with Crippen molar-refractivity contribution in [2.75, 3.05) is 31.2 Å². The van der Waals surface area contributed by atoms with Crippen molar-refractivity contribution >= 4 is 17.3 Å². The van der Waals surface area contributed by atoms with Gasteiger partial charge in [0.1, 0.15) is 0 Å². The van der Waals surface area contributed by atoms with Crippen LogP contribution in [0.4, 0.5) is 5.69 Å². The van der Waals surface area contributed by atoms with Crippen LogP contribution in [0.3, 0.4) is 0 Å². The summed E-state index contributed by atoms with van der Waals surface area (Å²) < 4.78 is 5.46. The second kappa shape index (κ2) is 7.27. The molecule has 1 saturated heterocycles. The van der Waals surface area contributed by atoms with Crippen LogP contribution in [-0.2, 0) is 11.3 Å². The van der Waals surface area contributed by atoms with Crippen molar-refractivity contribution in [1.29, 1.82) is 0 Å². The van der Waals surface area contributed by atoms with E-state index in [1.54, 1.807) is 0 Å². The molecular formula is C15H23ClN2O2. The van der Waals surface area contributed by atoms with Gasteiger partial charge in [-0.05, 0) is 17.7 Å². The van der Waals surface area contributed by atoms with Gasteiger partial charge in [-0.2, -0.15) is 0 Å².